The Kier molecular flexibility index (Phi) is 8.43. The maximum absolute atomic E-state index is 12.3. The van der Waals surface area contributed by atoms with Gasteiger partial charge in [0, 0.05) is 45.9 Å². The number of ether oxygens (including phenoxy) is 2. The Morgan fingerprint density at radius 1 is 1.16 bits per heavy atom. The van der Waals surface area contributed by atoms with Crippen molar-refractivity contribution in [3.8, 4) is 16.3 Å². The number of carbonyl (C=O) groups excluding carboxylic acids is 1. The van der Waals surface area contributed by atoms with E-state index < -0.39 is 5.60 Å². The molecule has 1 amide bonds. The van der Waals surface area contributed by atoms with Gasteiger partial charge >= 0.3 is 6.09 Å². The molecule has 9 heteroatoms. The van der Waals surface area contributed by atoms with Gasteiger partial charge in [0.15, 0.2) is 0 Å². The zero-order chi connectivity index (χ0) is 22.4. The quantitative estimate of drug-likeness (QED) is 0.163. The van der Waals surface area contributed by atoms with E-state index >= 15 is 0 Å². The van der Waals surface area contributed by atoms with Crippen LogP contribution in [0.1, 0.15) is 27.2 Å². The van der Waals surface area contributed by atoms with Crippen molar-refractivity contribution in [2.75, 3.05) is 25.2 Å². The van der Waals surface area contributed by atoms with Crippen LogP contribution in [-0.2, 0) is 8.92 Å². The second-order valence-electron chi connectivity index (χ2n) is 7.82. The number of nitrogens with zero attached hydrogens (tertiary/aromatic N) is 2. The van der Waals surface area contributed by atoms with E-state index in [1.165, 1.54) is 14.1 Å². The molecule has 3 aromatic rings. The van der Waals surface area contributed by atoms with Crippen molar-refractivity contribution in [2.24, 2.45) is 0 Å². The van der Waals surface area contributed by atoms with E-state index in [0.29, 0.717) is 13.2 Å². The summed E-state index contributed by atoms with van der Waals surface area (Å²) in [7, 11) is 3.04. The van der Waals surface area contributed by atoms with Crippen molar-refractivity contribution in [1.29, 1.82) is 0 Å². The number of hydrogen-bond donors (Lipinski definition) is 0. The van der Waals surface area contributed by atoms with E-state index in [-0.39, 0.29) is 6.09 Å². The van der Waals surface area contributed by atoms with Crippen LogP contribution in [-0.4, -0.2) is 36.9 Å². The molecule has 0 aliphatic rings. The summed E-state index contributed by atoms with van der Waals surface area (Å²) in [6, 6.07) is 13.7. The van der Waals surface area contributed by atoms with Gasteiger partial charge in [-0.2, -0.15) is 0 Å². The highest BCUT2D eigenvalue weighted by molar-refractivity contribution is 14.2. The summed E-state index contributed by atoms with van der Waals surface area (Å²) < 4.78 is 17.5. The predicted octanol–water partition coefficient (Wildman–Crippen LogP) is 7.12. The number of halogens is 1. The molecule has 0 fully saturated rings. The number of thiazole rings is 1. The summed E-state index contributed by atoms with van der Waals surface area (Å²) in [5.74, 6) is 0.833. The smallest absolute Gasteiger partial charge is 0.414 e. The standard InChI is InChI=1S/C22H25IN2O4S2/c1-22(2,3)29-21(26)25(4)16-8-6-15(7-9-16)20-24-18-11-10-17(14-19(18)30-20)27-12-5-13-28-31-23/h6-11,14H,5,12-13H2,1-4H3. The molecule has 166 valence electrons. The number of hydrogen-bond acceptors (Lipinski definition) is 7. The van der Waals surface area contributed by atoms with Crippen LogP contribution in [0.2, 0.25) is 0 Å². The number of anilines is 1. The lowest BCUT2D eigenvalue weighted by Crippen LogP contribution is -2.34. The lowest BCUT2D eigenvalue weighted by Gasteiger charge is -2.24. The molecule has 1 heterocycles. The molecule has 0 spiro atoms. The number of carbonyl (C=O) groups is 1. The first-order valence-electron chi connectivity index (χ1n) is 9.77. The minimum atomic E-state index is -0.531. The Labute approximate surface area is 203 Å². The van der Waals surface area contributed by atoms with E-state index in [9.17, 15) is 4.79 Å². The molecule has 0 saturated heterocycles. The van der Waals surface area contributed by atoms with Crippen LogP contribution in [0.5, 0.6) is 5.75 Å². The highest BCUT2D eigenvalue weighted by atomic mass is 127. The second-order valence-corrected chi connectivity index (χ2v) is 10.3. The average Bonchev–Trinajstić information content (AvgIpc) is 3.15. The van der Waals surface area contributed by atoms with Gasteiger partial charge in [0.2, 0.25) is 0 Å². The van der Waals surface area contributed by atoms with Crippen LogP contribution in [0.25, 0.3) is 20.8 Å². The fourth-order valence-corrected chi connectivity index (χ4v) is 4.44. The molecule has 0 atom stereocenters. The number of benzene rings is 2. The largest absolute Gasteiger partial charge is 0.493 e. The monoisotopic (exact) mass is 572 g/mol. The summed E-state index contributed by atoms with van der Waals surface area (Å²) in [5.41, 5.74) is 2.17. The summed E-state index contributed by atoms with van der Waals surface area (Å²) in [6.07, 6.45) is 0.457. The van der Waals surface area contributed by atoms with Crippen LogP contribution in [0, 0.1) is 0 Å². The van der Waals surface area contributed by atoms with Crippen molar-refractivity contribution in [3.63, 3.8) is 0 Å². The van der Waals surface area contributed by atoms with Crippen molar-refractivity contribution >= 4 is 63.8 Å². The third-order valence-corrected chi connectivity index (χ3v) is 6.30. The zero-order valence-corrected chi connectivity index (χ0v) is 21.7. The van der Waals surface area contributed by atoms with Gasteiger partial charge in [-0.15, -0.1) is 11.3 Å². The third-order valence-electron chi connectivity index (χ3n) is 4.21. The minimum Gasteiger partial charge on any atom is -0.493 e. The topological polar surface area (TPSA) is 60.9 Å². The molecule has 3 rings (SSSR count). The molecule has 1 aromatic heterocycles. The van der Waals surface area contributed by atoms with Gasteiger partial charge in [0.25, 0.3) is 0 Å². The van der Waals surface area contributed by atoms with E-state index in [1.807, 2.05) is 63.2 Å². The van der Waals surface area contributed by atoms with Crippen molar-refractivity contribution < 1.29 is 18.5 Å². The number of fused-ring (bicyclic) bond motifs is 1. The summed E-state index contributed by atoms with van der Waals surface area (Å²) in [4.78, 5) is 18.5. The lowest BCUT2D eigenvalue weighted by atomic mass is 10.2. The number of rotatable bonds is 8. The van der Waals surface area contributed by atoms with E-state index in [0.717, 1.165) is 38.6 Å². The van der Waals surface area contributed by atoms with Crippen LogP contribution in [0.15, 0.2) is 42.5 Å². The first kappa shape index (κ1) is 24.1. The fraction of sp³-hybridized carbons (Fsp3) is 0.364. The van der Waals surface area contributed by atoms with Gasteiger partial charge in [0.1, 0.15) is 16.4 Å². The average molecular weight is 572 g/mol. The minimum absolute atomic E-state index is 0.382. The Hall–Kier alpha value is -1.56. The van der Waals surface area contributed by atoms with E-state index in [4.69, 9.17) is 18.6 Å². The van der Waals surface area contributed by atoms with E-state index in [1.54, 1.807) is 18.4 Å². The predicted molar refractivity (Wildman–Crippen MR) is 137 cm³/mol. The second kappa shape index (κ2) is 10.8. The number of aromatic nitrogens is 1. The SMILES string of the molecule is CN(C(=O)OC(C)(C)C)c1ccc(-c2nc3ccc(OCCCOSI)cc3s2)cc1. The first-order chi connectivity index (χ1) is 14.8. The Bertz CT molecular complexity index is 1020. The van der Waals surface area contributed by atoms with Crippen LogP contribution < -0.4 is 9.64 Å². The van der Waals surface area contributed by atoms with Gasteiger partial charge in [-0.1, -0.05) is 0 Å². The van der Waals surface area contributed by atoms with Gasteiger partial charge < -0.3 is 13.7 Å². The van der Waals surface area contributed by atoms with Crippen molar-refractivity contribution in [3.05, 3.63) is 42.5 Å². The Balaban J connectivity index is 1.68. The van der Waals surface area contributed by atoms with Crippen molar-refractivity contribution in [2.45, 2.75) is 32.8 Å². The van der Waals surface area contributed by atoms with Crippen LogP contribution in [0.3, 0.4) is 0 Å². The van der Waals surface area contributed by atoms with Crippen LogP contribution >= 0.6 is 41.8 Å². The Morgan fingerprint density at radius 3 is 2.58 bits per heavy atom. The summed E-state index contributed by atoms with van der Waals surface area (Å²) in [5, 5.41) is 0.922. The lowest BCUT2D eigenvalue weighted by molar-refractivity contribution is 0.0589. The number of amides is 1. The highest BCUT2D eigenvalue weighted by Gasteiger charge is 2.20. The fourth-order valence-electron chi connectivity index (χ4n) is 2.72. The summed E-state index contributed by atoms with van der Waals surface area (Å²) in [6.45, 7) is 6.84. The molecule has 0 unspecified atom stereocenters. The third kappa shape index (κ3) is 6.96. The Morgan fingerprint density at radius 2 is 1.90 bits per heavy atom. The maximum Gasteiger partial charge on any atom is 0.414 e. The molecular formula is C22H25IN2O4S2. The van der Waals surface area contributed by atoms with E-state index in [2.05, 4.69) is 21.2 Å². The van der Waals surface area contributed by atoms with Crippen molar-refractivity contribution in [1.82, 2.24) is 4.98 Å². The van der Waals surface area contributed by atoms with Gasteiger partial charge in [-0.05, 0) is 63.2 Å². The maximum atomic E-state index is 12.3. The summed E-state index contributed by atoms with van der Waals surface area (Å²) >= 11 is 3.72. The molecule has 0 aliphatic heterocycles. The van der Waals surface area contributed by atoms with Crippen LogP contribution in [0.4, 0.5) is 10.5 Å². The molecule has 0 bridgehead atoms. The molecule has 6 nitrogen and oxygen atoms in total. The normalized spacial score (nSPS) is 11.5. The van der Waals surface area contributed by atoms with Gasteiger partial charge in [-0.3, -0.25) is 4.90 Å². The molecule has 0 N–H and O–H groups in total. The van der Waals surface area contributed by atoms with Gasteiger partial charge in [0.05, 0.1) is 32.6 Å². The molecule has 0 saturated carbocycles. The molecule has 0 aliphatic carbocycles. The molecule has 0 radical (unpaired) electrons. The van der Waals surface area contributed by atoms with Gasteiger partial charge in [-0.25, -0.2) is 9.78 Å². The highest BCUT2D eigenvalue weighted by Crippen LogP contribution is 2.33. The molecular weight excluding hydrogens is 547 g/mol. The first-order valence-corrected chi connectivity index (χ1v) is 13.9. The molecule has 2 aromatic carbocycles. The molecule has 31 heavy (non-hydrogen) atoms. The zero-order valence-electron chi connectivity index (χ0n) is 17.9.